The number of aromatic nitrogens is 2. The minimum Gasteiger partial charge on any atom is -0.340 e. The van der Waals surface area contributed by atoms with Gasteiger partial charge in [0.05, 0.1) is 5.39 Å². The summed E-state index contributed by atoms with van der Waals surface area (Å²) in [4.78, 5) is 24.9. The largest absolute Gasteiger partial charge is 0.340 e. The normalized spacial score (nSPS) is 14.6. The second-order valence-electron chi connectivity index (χ2n) is 5.92. The van der Waals surface area contributed by atoms with Crippen LogP contribution in [0.15, 0.2) is 36.7 Å². The van der Waals surface area contributed by atoms with Crippen LogP contribution in [0.5, 0.6) is 0 Å². The van der Waals surface area contributed by atoms with Gasteiger partial charge in [-0.1, -0.05) is 13.0 Å². The van der Waals surface area contributed by atoms with Crippen LogP contribution in [0.25, 0.3) is 10.2 Å². The molecule has 1 saturated heterocycles. The Labute approximate surface area is 149 Å². The van der Waals surface area contributed by atoms with Crippen LogP contribution in [0.3, 0.4) is 0 Å². The number of urea groups is 1. The summed E-state index contributed by atoms with van der Waals surface area (Å²) in [6.07, 6.45) is 3.52. The molecule has 0 unspecified atom stereocenters. The summed E-state index contributed by atoms with van der Waals surface area (Å²) in [5, 5.41) is 7.29. The van der Waals surface area contributed by atoms with Gasteiger partial charge < -0.3 is 10.6 Å². The molecule has 3 heterocycles. The van der Waals surface area contributed by atoms with Crippen molar-refractivity contribution in [3.63, 3.8) is 0 Å². The number of benzene rings is 1. The van der Waals surface area contributed by atoms with Gasteiger partial charge in [0.15, 0.2) is 0 Å². The van der Waals surface area contributed by atoms with Crippen LogP contribution in [0.2, 0.25) is 0 Å². The number of hydrogen-bond acceptors (Lipinski definition) is 5. The summed E-state index contributed by atoms with van der Waals surface area (Å²) >= 11 is 1.70. The van der Waals surface area contributed by atoms with Crippen molar-refractivity contribution in [3.8, 4) is 0 Å². The highest BCUT2D eigenvalue weighted by molar-refractivity contribution is 7.18. The third-order valence-corrected chi connectivity index (χ3v) is 5.42. The van der Waals surface area contributed by atoms with E-state index in [-0.39, 0.29) is 6.03 Å². The molecular weight excluding hydrogens is 334 g/mol. The fourth-order valence-corrected chi connectivity index (χ4v) is 3.88. The van der Waals surface area contributed by atoms with Gasteiger partial charge in [-0.15, -0.1) is 11.3 Å². The Morgan fingerprint density at radius 1 is 1.32 bits per heavy atom. The van der Waals surface area contributed by atoms with Gasteiger partial charge >= 0.3 is 6.03 Å². The van der Waals surface area contributed by atoms with E-state index in [9.17, 15) is 4.79 Å². The molecule has 7 heteroatoms. The van der Waals surface area contributed by atoms with E-state index < -0.39 is 0 Å². The van der Waals surface area contributed by atoms with Crippen molar-refractivity contribution >= 4 is 44.8 Å². The van der Waals surface area contributed by atoms with Crippen molar-refractivity contribution in [1.82, 2.24) is 15.3 Å². The van der Waals surface area contributed by atoms with Gasteiger partial charge in [0.25, 0.3) is 0 Å². The maximum absolute atomic E-state index is 12.1. The molecule has 0 aliphatic carbocycles. The van der Waals surface area contributed by atoms with Crippen LogP contribution < -0.4 is 15.5 Å². The van der Waals surface area contributed by atoms with Crippen molar-refractivity contribution in [2.45, 2.75) is 19.8 Å². The summed E-state index contributed by atoms with van der Waals surface area (Å²) in [5.41, 5.74) is 1.78. The van der Waals surface area contributed by atoms with E-state index in [1.165, 1.54) is 4.88 Å². The summed E-state index contributed by atoms with van der Waals surface area (Å²) in [5.74, 6) is 0.793. The number of thiophene rings is 1. The molecule has 0 saturated carbocycles. The van der Waals surface area contributed by atoms with E-state index in [2.05, 4.69) is 33.6 Å². The molecule has 0 radical (unpaired) electrons. The Kier molecular flexibility index (Phi) is 4.23. The maximum Gasteiger partial charge on any atom is 0.321 e. The molecule has 6 nitrogen and oxygen atoms in total. The zero-order valence-corrected chi connectivity index (χ0v) is 14.8. The van der Waals surface area contributed by atoms with E-state index in [0.717, 1.165) is 53.3 Å². The molecule has 3 aromatic rings. The predicted octanol–water partition coefficient (Wildman–Crippen LogP) is 3.92. The number of aryl methyl sites for hydroxylation is 1. The molecule has 2 aromatic heterocycles. The van der Waals surface area contributed by atoms with Crippen molar-refractivity contribution in [2.75, 3.05) is 23.3 Å². The summed E-state index contributed by atoms with van der Waals surface area (Å²) in [6.45, 7) is 3.61. The van der Waals surface area contributed by atoms with E-state index in [4.69, 9.17) is 0 Å². The first-order chi connectivity index (χ1) is 12.2. The number of hydrogen-bond donors (Lipinski definition) is 2. The second kappa shape index (κ2) is 6.68. The highest BCUT2D eigenvalue weighted by Crippen LogP contribution is 2.31. The number of fused-ring (bicyclic) bond motifs is 1. The minimum absolute atomic E-state index is 0.0433. The molecule has 4 rings (SSSR count). The van der Waals surface area contributed by atoms with Gasteiger partial charge in [0.2, 0.25) is 0 Å². The Balaban J connectivity index is 1.64. The fraction of sp³-hybridized carbons (Fsp3) is 0.278. The molecule has 1 aromatic carbocycles. The van der Waals surface area contributed by atoms with Crippen molar-refractivity contribution in [3.05, 3.63) is 41.5 Å². The van der Waals surface area contributed by atoms with E-state index in [1.807, 2.05) is 24.3 Å². The molecule has 1 fully saturated rings. The Bertz CT molecular complexity index is 923. The Morgan fingerprint density at radius 2 is 2.24 bits per heavy atom. The van der Waals surface area contributed by atoms with E-state index in [1.54, 1.807) is 22.6 Å². The highest BCUT2D eigenvalue weighted by atomic mass is 32.1. The fourth-order valence-electron chi connectivity index (χ4n) is 2.94. The standard InChI is InChI=1S/C18H19N5OS/c1-2-14-10-15-16(20-11-21-17(15)25-14)22-12-5-3-6-13(9-12)23-8-4-7-19-18(23)24/h3,5-6,9-11H,2,4,7-8H2,1H3,(H,19,24)(H,20,21,22). The topological polar surface area (TPSA) is 70.2 Å². The van der Waals surface area contributed by atoms with Crippen LogP contribution in [-0.4, -0.2) is 29.1 Å². The molecule has 25 heavy (non-hydrogen) atoms. The highest BCUT2D eigenvalue weighted by Gasteiger charge is 2.19. The van der Waals surface area contributed by atoms with Gasteiger partial charge in [0, 0.05) is 29.3 Å². The monoisotopic (exact) mass is 353 g/mol. The number of carbonyl (C=O) groups excluding carboxylic acids is 1. The number of nitrogens with one attached hydrogen (secondary N) is 2. The zero-order valence-electron chi connectivity index (χ0n) is 14.0. The van der Waals surface area contributed by atoms with Crippen LogP contribution in [0.4, 0.5) is 22.0 Å². The summed E-state index contributed by atoms with van der Waals surface area (Å²) in [7, 11) is 0. The lowest BCUT2D eigenvalue weighted by Crippen LogP contribution is -2.46. The van der Waals surface area contributed by atoms with Crippen molar-refractivity contribution in [2.24, 2.45) is 0 Å². The average Bonchev–Trinajstić information content (AvgIpc) is 3.07. The maximum atomic E-state index is 12.1. The molecule has 1 aliphatic heterocycles. The Morgan fingerprint density at radius 3 is 3.08 bits per heavy atom. The van der Waals surface area contributed by atoms with Crippen LogP contribution in [0, 0.1) is 0 Å². The minimum atomic E-state index is -0.0433. The second-order valence-corrected chi connectivity index (χ2v) is 7.04. The lowest BCUT2D eigenvalue weighted by molar-refractivity contribution is 0.243. The van der Waals surface area contributed by atoms with Crippen LogP contribution >= 0.6 is 11.3 Å². The first-order valence-corrected chi connectivity index (χ1v) is 9.22. The number of nitrogens with zero attached hydrogens (tertiary/aromatic N) is 3. The molecule has 0 atom stereocenters. The lowest BCUT2D eigenvalue weighted by atomic mass is 10.2. The number of amides is 2. The molecule has 1 aliphatic rings. The number of anilines is 3. The van der Waals surface area contributed by atoms with Crippen molar-refractivity contribution in [1.29, 1.82) is 0 Å². The SMILES string of the molecule is CCc1cc2c(Nc3cccc(N4CCCNC4=O)c3)ncnc2s1. The predicted molar refractivity (Wildman–Crippen MR) is 102 cm³/mol. The van der Waals surface area contributed by atoms with Gasteiger partial charge in [0.1, 0.15) is 17.0 Å². The molecule has 0 bridgehead atoms. The lowest BCUT2D eigenvalue weighted by Gasteiger charge is -2.27. The Hall–Kier alpha value is -2.67. The smallest absolute Gasteiger partial charge is 0.321 e. The van der Waals surface area contributed by atoms with Crippen molar-refractivity contribution < 1.29 is 4.79 Å². The average molecular weight is 353 g/mol. The van der Waals surface area contributed by atoms with Gasteiger partial charge in [-0.05, 0) is 37.1 Å². The van der Waals surface area contributed by atoms with E-state index >= 15 is 0 Å². The zero-order chi connectivity index (χ0) is 17.2. The first kappa shape index (κ1) is 15.8. The molecule has 2 amide bonds. The number of carbonyl (C=O) groups is 1. The third kappa shape index (κ3) is 3.15. The molecule has 128 valence electrons. The summed E-state index contributed by atoms with van der Waals surface area (Å²) in [6, 6.07) is 9.95. The quantitative estimate of drug-likeness (QED) is 0.746. The van der Waals surface area contributed by atoms with Crippen LogP contribution in [-0.2, 0) is 6.42 Å². The number of rotatable bonds is 4. The molecule has 2 N–H and O–H groups in total. The van der Waals surface area contributed by atoms with Gasteiger partial charge in [-0.2, -0.15) is 0 Å². The van der Waals surface area contributed by atoms with E-state index in [0.29, 0.717) is 0 Å². The summed E-state index contributed by atoms with van der Waals surface area (Å²) < 4.78 is 0. The molecule has 0 spiro atoms. The van der Waals surface area contributed by atoms with Gasteiger partial charge in [-0.3, -0.25) is 4.90 Å². The molecular formula is C18H19N5OS. The first-order valence-electron chi connectivity index (χ1n) is 8.40. The van der Waals surface area contributed by atoms with Crippen LogP contribution in [0.1, 0.15) is 18.2 Å². The van der Waals surface area contributed by atoms with Gasteiger partial charge in [-0.25, -0.2) is 14.8 Å². The third-order valence-electron chi connectivity index (χ3n) is 4.23.